The van der Waals surface area contributed by atoms with Crippen LogP contribution in [0.25, 0.3) is 0 Å². The maximum atomic E-state index is 13.0. The minimum Gasteiger partial charge on any atom is -0.489 e. The Labute approximate surface area is 190 Å². The topological polar surface area (TPSA) is 32.8 Å². The molecule has 0 bridgehead atoms. The lowest BCUT2D eigenvalue weighted by Gasteiger charge is -2.35. The third kappa shape index (κ3) is 5.71. The highest BCUT2D eigenvalue weighted by atomic mass is 79.9. The molecule has 0 spiro atoms. The monoisotopic (exact) mass is 482 g/mol. The Hall–Kier alpha value is -2.70. The number of rotatable bonds is 6. The lowest BCUT2D eigenvalue weighted by Crippen LogP contribution is -2.48. The van der Waals surface area contributed by atoms with E-state index < -0.39 is 0 Å². The van der Waals surface area contributed by atoms with E-state index in [4.69, 9.17) is 4.74 Å². The lowest BCUT2D eigenvalue weighted by molar-refractivity contribution is 0.0628. The molecule has 0 N–H and O–H groups in total. The van der Waals surface area contributed by atoms with Crippen LogP contribution in [0.1, 0.15) is 21.5 Å². The van der Waals surface area contributed by atoms with Gasteiger partial charge in [-0.3, -0.25) is 9.69 Å². The van der Waals surface area contributed by atoms with Crippen molar-refractivity contribution in [1.82, 2.24) is 9.80 Å². The van der Waals surface area contributed by atoms with Crippen molar-refractivity contribution in [2.45, 2.75) is 13.2 Å². The minimum atomic E-state index is -0.288. The van der Waals surface area contributed by atoms with Crippen LogP contribution in [0.3, 0.4) is 0 Å². The van der Waals surface area contributed by atoms with Gasteiger partial charge in [0.05, 0.1) is 0 Å². The number of ether oxygens (including phenoxy) is 1. The molecule has 0 unspecified atom stereocenters. The Kier molecular flexibility index (Phi) is 6.99. The number of carbonyl (C=O) groups is 1. The van der Waals surface area contributed by atoms with E-state index in [9.17, 15) is 9.18 Å². The molecule has 3 aromatic carbocycles. The Morgan fingerprint density at radius 2 is 1.58 bits per heavy atom. The van der Waals surface area contributed by atoms with Gasteiger partial charge in [-0.1, -0.05) is 46.3 Å². The quantitative estimate of drug-likeness (QED) is 0.488. The summed E-state index contributed by atoms with van der Waals surface area (Å²) >= 11 is 3.61. The van der Waals surface area contributed by atoms with E-state index in [-0.39, 0.29) is 11.7 Å². The molecule has 31 heavy (non-hydrogen) atoms. The second kappa shape index (κ2) is 10.1. The van der Waals surface area contributed by atoms with E-state index in [0.717, 1.165) is 42.8 Å². The van der Waals surface area contributed by atoms with E-state index in [1.165, 1.54) is 17.7 Å². The fraction of sp³-hybridized carbons (Fsp3) is 0.240. The smallest absolute Gasteiger partial charge is 0.253 e. The molecule has 1 saturated heterocycles. The molecule has 4 rings (SSSR count). The molecule has 1 heterocycles. The normalized spacial score (nSPS) is 14.5. The molecule has 1 fully saturated rings. The van der Waals surface area contributed by atoms with Gasteiger partial charge in [-0.15, -0.1) is 0 Å². The van der Waals surface area contributed by atoms with E-state index in [0.29, 0.717) is 17.9 Å². The summed E-state index contributed by atoms with van der Waals surface area (Å²) in [6.45, 7) is 4.41. The molecule has 0 saturated carbocycles. The van der Waals surface area contributed by atoms with Crippen LogP contribution in [0.15, 0.2) is 77.3 Å². The summed E-state index contributed by atoms with van der Waals surface area (Å²) in [7, 11) is 0. The molecule has 0 aliphatic carbocycles. The van der Waals surface area contributed by atoms with Crippen molar-refractivity contribution < 1.29 is 13.9 Å². The predicted octanol–water partition coefficient (Wildman–Crippen LogP) is 5.13. The van der Waals surface area contributed by atoms with Gasteiger partial charge in [0.15, 0.2) is 0 Å². The van der Waals surface area contributed by atoms with Crippen LogP contribution in [0, 0.1) is 5.82 Å². The second-order valence-corrected chi connectivity index (χ2v) is 8.45. The first-order valence-electron chi connectivity index (χ1n) is 10.3. The first-order valence-corrected chi connectivity index (χ1v) is 11.1. The largest absolute Gasteiger partial charge is 0.489 e. The molecule has 0 radical (unpaired) electrons. The van der Waals surface area contributed by atoms with E-state index in [1.54, 1.807) is 12.1 Å². The standard InChI is InChI=1S/C25H24BrFN2O2/c26-24-4-2-1-3-21(24)17-28-13-15-29(16-14-28)25(30)20-7-5-19(6-8-20)18-31-23-11-9-22(27)10-12-23/h1-12H,13-18H2. The average Bonchev–Trinajstić information content (AvgIpc) is 2.81. The Morgan fingerprint density at radius 3 is 2.26 bits per heavy atom. The highest BCUT2D eigenvalue weighted by Crippen LogP contribution is 2.19. The highest BCUT2D eigenvalue weighted by molar-refractivity contribution is 9.10. The SMILES string of the molecule is O=C(c1ccc(COc2ccc(F)cc2)cc1)N1CCN(Cc2ccccc2Br)CC1. The van der Waals surface area contributed by atoms with Crippen molar-refractivity contribution in [1.29, 1.82) is 0 Å². The van der Waals surface area contributed by atoms with Crippen molar-refractivity contribution in [2.75, 3.05) is 26.2 Å². The highest BCUT2D eigenvalue weighted by Gasteiger charge is 2.22. The van der Waals surface area contributed by atoms with Crippen molar-refractivity contribution in [3.05, 3.63) is 99.8 Å². The van der Waals surface area contributed by atoms with Crippen molar-refractivity contribution in [3.63, 3.8) is 0 Å². The summed E-state index contributed by atoms with van der Waals surface area (Å²) in [5, 5.41) is 0. The number of nitrogens with zero attached hydrogens (tertiary/aromatic N) is 2. The first-order chi connectivity index (χ1) is 15.1. The molecule has 1 aliphatic rings. The van der Waals surface area contributed by atoms with Crippen LogP contribution in [0.5, 0.6) is 5.75 Å². The maximum Gasteiger partial charge on any atom is 0.253 e. The van der Waals surface area contributed by atoms with Crippen molar-refractivity contribution in [2.24, 2.45) is 0 Å². The lowest BCUT2D eigenvalue weighted by atomic mass is 10.1. The molecule has 3 aromatic rings. The van der Waals surface area contributed by atoms with Crippen LogP contribution in [0.2, 0.25) is 0 Å². The van der Waals surface area contributed by atoms with Crippen LogP contribution in [-0.4, -0.2) is 41.9 Å². The fourth-order valence-electron chi connectivity index (χ4n) is 3.60. The minimum absolute atomic E-state index is 0.0616. The number of halogens is 2. The summed E-state index contributed by atoms with van der Waals surface area (Å²) in [6, 6.07) is 21.7. The van der Waals surface area contributed by atoms with Gasteiger partial charge in [0, 0.05) is 42.8 Å². The van der Waals surface area contributed by atoms with Crippen LogP contribution in [0.4, 0.5) is 4.39 Å². The molecule has 6 heteroatoms. The summed E-state index contributed by atoms with van der Waals surface area (Å²) in [5.74, 6) is 0.387. The first kappa shape index (κ1) is 21.5. The zero-order valence-electron chi connectivity index (χ0n) is 17.1. The Bertz CT molecular complexity index is 1020. The summed E-state index contributed by atoms with van der Waals surface area (Å²) in [4.78, 5) is 17.2. The number of carbonyl (C=O) groups excluding carboxylic acids is 1. The van der Waals surface area contributed by atoms with Gasteiger partial charge < -0.3 is 9.64 Å². The molecule has 1 amide bonds. The Balaban J connectivity index is 1.27. The van der Waals surface area contributed by atoms with Gasteiger partial charge in [-0.25, -0.2) is 4.39 Å². The predicted molar refractivity (Wildman–Crippen MR) is 122 cm³/mol. The summed E-state index contributed by atoms with van der Waals surface area (Å²) in [5.41, 5.74) is 2.91. The van der Waals surface area contributed by atoms with Crippen LogP contribution < -0.4 is 4.74 Å². The molecular weight excluding hydrogens is 459 g/mol. The van der Waals surface area contributed by atoms with Gasteiger partial charge in [0.2, 0.25) is 0 Å². The van der Waals surface area contributed by atoms with Gasteiger partial charge >= 0.3 is 0 Å². The summed E-state index contributed by atoms with van der Waals surface area (Å²) < 4.78 is 19.7. The van der Waals surface area contributed by atoms with Gasteiger partial charge in [0.1, 0.15) is 18.2 Å². The van der Waals surface area contributed by atoms with Crippen molar-refractivity contribution >= 4 is 21.8 Å². The number of piperazine rings is 1. The number of benzene rings is 3. The number of amides is 1. The third-order valence-electron chi connectivity index (χ3n) is 5.43. The number of hydrogen-bond donors (Lipinski definition) is 0. The second-order valence-electron chi connectivity index (χ2n) is 7.60. The zero-order valence-corrected chi connectivity index (χ0v) is 18.7. The van der Waals surface area contributed by atoms with Gasteiger partial charge in [-0.2, -0.15) is 0 Å². The summed E-state index contributed by atoms with van der Waals surface area (Å²) in [6.07, 6.45) is 0. The molecule has 0 atom stereocenters. The molecule has 0 aromatic heterocycles. The Morgan fingerprint density at radius 1 is 0.903 bits per heavy atom. The zero-order chi connectivity index (χ0) is 21.6. The van der Waals surface area contributed by atoms with E-state index in [1.807, 2.05) is 41.3 Å². The van der Waals surface area contributed by atoms with Gasteiger partial charge in [0.25, 0.3) is 5.91 Å². The molecular formula is C25H24BrFN2O2. The average molecular weight is 483 g/mol. The fourth-order valence-corrected chi connectivity index (χ4v) is 4.01. The molecule has 1 aliphatic heterocycles. The van der Waals surface area contributed by atoms with Gasteiger partial charge in [-0.05, 0) is 53.6 Å². The van der Waals surface area contributed by atoms with Crippen LogP contribution >= 0.6 is 15.9 Å². The van der Waals surface area contributed by atoms with E-state index >= 15 is 0 Å². The molecule has 4 nitrogen and oxygen atoms in total. The van der Waals surface area contributed by atoms with E-state index in [2.05, 4.69) is 33.0 Å². The van der Waals surface area contributed by atoms with Crippen LogP contribution in [-0.2, 0) is 13.2 Å². The maximum absolute atomic E-state index is 13.0. The number of hydrogen-bond acceptors (Lipinski definition) is 3. The molecule has 160 valence electrons. The van der Waals surface area contributed by atoms with Crippen molar-refractivity contribution in [3.8, 4) is 5.75 Å². The third-order valence-corrected chi connectivity index (χ3v) is 6.20.